The summed E-state index contributed by atoms with van der Waals surface area (Å²) in [6.45, 7) is 0. The smallest absolute Gasteiger partial charge is 0.235 e. The molecule has 0 amide bonds. The normalized spacial score (nSPS) is 11.3. The lowest BCUT2D eigenvalue weighted by Crippen LogP contribution is -1.91. The van der Waals surface area contributed by atoms with Crippen LogP contribution in [0.3, 0.4) is 0 Å². The van der Waals surface area contributed by atoms with Gasteiger partial charge in [0.2, 0.25) is 10.8 Å². The maximum atomic E-state index is 13.1. The zero-order chi connectivity index (χ0) is 17.5. The van der Waals surface area contributed by atoms with Gasteiger partial charge < -0.3 is 0 Å². The number of H-pyrrole nitrogens is 1. The Bertz CT molecular complexity index is 1190. The van der Waals surface area contributed by atoms with Gasteiger partial charge >= 0.3 is 0 Å². The van der Waals surface area contributed by atoms with Crippen molar-refractivity contribution in [3.8, 4) is 33.5 Å². The van der Waals surface area contributed by atoms with E-state index < -0.39 is 0 Å². The molecule has 0 saturated carbocycles. The molecular weight excluding hydrogens is 353 g/mol. The Morgan fingerprint density at radius 1 is 1.00 bits per heavy atom. The van der Waals surface area contributed by atoms with Crippen LogP contribution in [-0.4, -0.2) is 35.0 Å². The molecule has 0 aliphatic carbocycles. The summed E-state index contributed by atoms with van der Waals surface area (Å²) in [5.41, 5.74) is 2.96. The first-order valence-corrected chi connectivity index (χ1v) is 8.55. The molecule has 0 aliphatic rings. The maximum Gasteiger partial charge on any atom is 0.235 e. The molecule has 1 N–H and O–H groups in total. The van der Waals surface area contributed by atoms with Crippen molar-refractivity contribution in [3.05, 3.63) is 60.5 Å². The van der Waals surface area contributed by atoms with E-state index in [1.165, 1.54) is 23.5 Å². The van der Waals surface area contributed by atoms with Crippen LogP contribution in [0.2, 0.25) is 0 Å². The molecule has 0 atom stereocenters. The van der Waals surface area contributed by atoms with Crippen molar-refractivity contribution in [2.75, 3.05) is 0 Å². The minimum absolute atomic E-state index is 0.284. The average molecular weight is 363 g/mol. The Morgan fingerprint density at radius 2 is 1.88 bits per heavy atom. The molecule has 0 saturated heterocycles. The summed E-state index contributed by atoms with van der Waals surface area (Å²) in [6.07, 6.45) is 1.72. The number of aromatic nitrogens is 7. The number of nitrogens with one attached hydrogen (secondary N) is 1. The second kappa shape index (κ2) is 5.81. The van der Waals surface area contributed by atoms with E-state index in [0.29, 0.717) is 22.2 Å². The van der Waals surface area contributed by atoms with E-state index in [1.807, 2.05) is 24.3 Å². The number of benzene rings is 1. The molecule has 5 rings (SSSR count). The number of fused-ring (bicyclic) bond motifs is 1. The second-order valence-corrected chi connectivity index (χ2v) is 6.47. The summed E-state index contributed by atoms with van der Waals surface area (Å²) in [7, 11) is 0. The summed E-state index contributed by atoms with van der Waals surface area (Å²) < 4.78 is 14.7. The van der Waals surface area contributed by atoms with Gasteiger partial charge in [0.05, 0.1) is 5.69 Å². The highest BCUT2D eigenvalue weighted by atomic mass is 32.1. The third-order valence-electron chi connectivity index (χ3n) is 3.83. The lowest BCUT2D eigenvalue weighted by Gasteiger charge is -1.94. The highest BCUT2D eigenvalue weighted by molar-refractivity contribution is 7.19. The number of halogens is 1. The molecule has 0 unspecified atom stereocenters. The highest BCUT2D eigenvalue weighted by Gasteiger charge is 2.17. The molecular formula is C17H10FN7S. The van der Waals surface area contributed by atoms with E-state index in [9.17, 15) is 4.39 Å². The van der Waals surface area contributed by atoms with Gasteiger partial charge in [0.1, 0.15) is 17.2 Å². The van der Waals surface area contributed by atoms with Gasteiger partial charge in [0.25, 0.3) is 0 Å². The topological polar surface area (TPSA) is 84.6 Å². The first-order chi connectivity index (χ1) is 12.8. The maximum absolute atomic E-state index is 13.1. The van der Waals surface area contributed by atoms with E-state index in [2.05, 4.69) is 30.5 Å². The lowest BCUT2D eigenvalue weighted by molar-refractivity contribution is 0.628. The Morgan fingerprint density at radius 3 is 2.69 bits per heavy atom. The largest absolute Gasteiger partial charge is 0.274 e. The molecule has 0 fully saturated rings. The Kier molecular flexibility index (Phi) is 3.32. The minimum Gasteiger partial charge on any atom is -0.274 e. The van der Waals surface area contributed by atoms with Crippen LogP contribution in [0, 0.1) is 5.82 Å². The van der Waals surface area contributed by atoms with E-state index in [-0.39, 0.29) is 5.82 Å². The molecule has 9 heteroatoms. The third kappa shape index (κ3) is 2.45. The molecule has 0 aliphatic heterocycles. The summed E-state index contributed by atoms with van der Waals surface area (Å²) in [6, 6.07) is 13.7. The van der Waals surface area contributed by atoms with Crippen LogP contribution in [-0.2, 0) is 0 Å². The average Bonchev–Trinajstić information content (AvgIpc) is 3.38. The predicted molar refractivity (Wildman–Crippen MR) is 94.9 cm³/mol. The number of nitrogens with zero attached hydrogens (tertiary/aromatic N) is 6. The van der Waals surface area contributed by atoms with Gasteiger partial charge in [-0.05, 0) is 42.5 Å². The van der Waals surface area contributed by atoms with Crippen molar-refractivity contribution < 1.29 is 4.39 Å². The van der Waals surface area contributed by atoms with E-state index in [1.54, 1.807) is 22.8 Å². The molecule has 4 aromatic heterocycles. The van der Waals surface area contributed by atoms with Crippen LogP contribution in [0.15, 0.2) is 54.7 Å². The van der Waals surface area contributed by atoms with Gasteiger partial charge in [-0.2, -0.15) is 14.7 Å². The fraction of sp³-hybridized carbons (Fsp3) is 0. The standard InChI is InChI=1S/C17H10FN7S/c18-11-6-4-10(5-7-11)13-9-14(21-20-13)15-22-23-17-25(15)24-16(26-17)12-3-1-2-8-19-12/h1-9H,(H,20,21). The number of aromatic amines is 1. The molecule has 4 heterocycles. The van der Waals surface area contributed by atoms with E-state index >= 15 is 0 Å². The van der Waals surface area contributed by atoms with Crippen molar-refractivity contribution in [2.24, 2.45) is 0 Å². The first-order valence-electron chi connectivity index (χ1n) is 7.73. The van der Waals surface area contributed by atoms with E-state index in [4.69, 9.17) is 0 Å². The number of hydrogen-bond donors (Lipinski definition) is 1. The lowest BCUT2D eigenvalue weighted by atomic mass is 10.1. The number of pyridine rings is 1. The van der Waals surface area contributed by atoms with Gasteiger partial charge in [-0.1, -0.05) is 17.4 Å². The number of hydrogen-bond acceptors (Lipinski definition) is 6. The summed E-state index contributed by atoms with van der Waals surface area (Å²) in [4.78, 5) is 4.98. The van der Waals surface area contributed by atoms with Gasteiger partial charge in [-0.3, -0.25) is 10.1 Å². The summed E-state index contributed by atoms with van der Waals surface area (Å²) in [5, 5.41) is 20.9. The van der Waals surface area contributed by atoms with Crippen LogP contribution in [0.4, 0.5) is 4.39 Å². The Hall–Kier alpha value is -3.46. The molecule has 1 aromatic carbocycles. The van der Waals surface area contributed by atoms with Crippen LogP contribution in [0.25, 0.3) is 38.4 Å². The summed E-state index contributed by atoms with van der Waals surface area (Å²) in [5.74, 6) is 0.271. The van der Waals surface area contributed by atoms with Crippen LogP contribution in [0.5, 0.6) is 0 Å². The van der Waals surface area contributed by atoms with Crippen molar-refractivity contribution in [1.29, 1.82) is 0 Å². The fourth-order valence-corrected chi connectivity index (χ4v) is 3.40. The molecule has 0 bridgehead atoms. The molecule has 7 nitrogen and oxygen atoms in total. The SMILES string of the molecule is Fc1ccc(-c2cc(-c3nnc4sc(-c5ccccn5)nn34)[nH]n2)cc1. The van der Waals surface area contributed by atoms with Crippen molar-refractivity contribution in [3.63, 3.8) is 0 Å². The van der Waals surface area contributed by atoms with Crippen LogP contribution in [0.1, 0.15) is 0 Å². The monoisotopic (exact) mass is 363 g/mol. The number of rotatable bonds is 3. The van der Waals surface area contributed by atoms with Crippen molar-refractivity contribution in [2.45, 2.75) is 0 Å². The van der Waals surface area contributed by atoms with Crippen molar-refractivity contribution in [1.82, 2.24) is 35.0 Å². The predicted octanol–water partition coefficient (Wildman–Crippen LogP) is 3.44. The highest BCUT2D eigenvalue weighted by Crippen LogP contribution is 2.27. The molecule has 0 spiro atoms. The van der Waals surface area contributed by atoms with Gasteiger partial charge in [0.15, 0.2) is 5.01 Å². The van der Waals surface area contributed by atoms with Crippen LogP contribution < -0.4 is 0 Å². The zero-order valence-corrected chi connectivity index (χ0v) is 14.0. The summed E-state index contributed by atoms with van der Waals surface area (Å²) >= 11 is 1.41. The molecule has 126 valence electrons. The van der Waals surface area contributed by atoms with Gasteiger partial charge in [-0.15, -0.1) is 10.2 Å². The molecule has 26 heavy (non-hydrogen) atoms. The van der Waals surface area contributed by atoms with Gasteiger partial charge in [0, 0.05) is 11.8 Å². The Labute approximate surface area is 150 Å². The molecule has 0 radical (unpaired) electrons. The zero-order valence-electron chi connectivity index (χ0n) is 13.2. The second-order valence-electron chi connectivity index (χ2n) is 5.51. The Balaban J connectivity index is 1.55. The third-order valence-corrected chi connectivity index (χ3v) is 4.75. The quantitative estimate of drug-likeness (QED) is 0.531. The van der Waals surface area contributed by atoms with Crippen LogP contribution >= 0.6 is 11.3 Å². The van der Waals surface area contributed by atoms with E-state index in [0.717, 1.165) is 16.3 Å². The minimum atomic E-state index is -0.284. The van der Waals surface area contributed by atoms with Gasteiger partial charge in [-0.25, -0.2) is 4.39 Å². The van der Waals surface area contributed by atoms with Crippen molar-refractivity contribution >= 4 is 16.3 Å². The molecule has 5 aromatic rings. The first kappa shape index (κ1) is 14.8. The fourth-order valence-electron chi connectivity index (χ4n) is 2.58.